The molecule has 1 aliphatic rings. The minimum absolute atomic E-state index is 0.0352. The van der Waals surface area contributed by atoms with Crippen LogP contribution in [-0.2, 0) is 16.1 Å². The van der Waals surface area contributed by atoms with Crippen LogP contribution in [0.15, 0.2) is 17.2 Å². The molecule has 0 unspecified atom stereocenters. The molecule has 2 rings (SSSR count). The zero-order valence-corrected chi connectivity index (χ0v) is 11.7. The average Bonchev–Trinajstić information content (AvgIpc) is 2.71. The first kappa shape index (κ1) is 13.4. The first-order chi connectivity index (χ1) is 8.39. The highest BCUT2D eigenvalue weighted by molar-refractivity contribution is 8.13. The fourth-order valence-electron chi connectivity index (χ4n) is 2.14. The van der Waals surface area contributed by atoms with E-state index >= 15 is 0 Å². The summed E-state index contributed by atoms with van der Waals surface area (Å²) < 4.78 is 24.0. The highest BCUT2D eigenvalue weighted by Crippen LogP contribution is 2.20. The molecule has 1 aliphatic heterocycles. The molecule has 7 heteroatoms. The molecule has 1 aromatic heterocycles. The van der Waals surface area contributed by atoms with Gasteiger partial charge in [-0.2, -0.15) is 0 Å². The van der Waals surface area contributed by atoms with Crippen molar-refractivity contribution < 1.29 is 13.2 Å². The van der Waals surface area contributed by atoms with Crippen LogP contribution in [0, 0.1) is 0 Å². The van der Waals surface area contributed by atoms with E-state index in [9.17, 15) is 13.2 Å². The molecule has 0 spiro atoms. The highest BCUT2D eigenvalue weighted by Gasteiger charge is 2.23. The van der Waals surface area contributed by atoms with Gasteiger partial charge in [-0.25, -0.2) is 8.42 Å². The average molecular weight is 291 g/mol. The van der Waals surface area contributed by atoms with Crippen LogP contribution >= 0.6 is 10.7 Å². The van der Waals surface area contributed by atoms with E-state index in [0.717, 1.165) is 32.4 Å². The molecule has 1 saturated heterocycles. The summed E-state index contributed by atoms with van der Waals surface area (Å²) in [6.07, 6.45) is 4.49. The molecule has 0 bridgehead atoms. The molecule has 100 valence electrons. The quantitative estimate of drug-likeness (QED) is 0.777. The topological polar surface area (TPSA) is 59.4 Å². The van der Waals surface area contributed by atoms with Gasteiger partial charge in [-0.3, -0.25) is 4.79 Å². The Balaban J connectivity index is 2.28. The van der Waals surface area contributed by atoms with Gasteiger partial charge < -0.3 is 9.47 Å². The van der Waals surface area contributed by atoms with Gasteiger partial charge in [0.15, 0.2) is 0 Å². The highest BCUT2D eigenvalue weighted by atomic mass is 35.7. The number of likely N-dealkylation sites (tertiary alicyclic amines) is 1. The lowest BCUT2D eigenvalue weighted by Gasteiger charge is -2.26. The van der Waals surface area contributed by atoms with Crippen LogP contribution in [0.25, 0.3) is 0 Å². The Bertz CT molecular complexity index is 559. The smallest absolute Gasteiger partial charge is 0.270 e. The number of hydrogen-bond acceptors (Lipinski definition) is 3. The monoisotopic (exact) mass is 290 g/mol. The van der Waals surface area contributed by atoms with Crippen molar-refractivity contribution in [2.45, 2.75) is 24.2 Å². The molecule has 0 atom stereocenters. The van der Waals surface area contributed by atoms with E-state index in [-0.39, 0.29) is 10.8 Å². The molecule has 5 nitrogen and oxygen atoms in total. The van der Waals surface area contributed by atoms with Gasteiger partial charge in [-0.05, 0) is 25.3 Å². The Labute approximate surface area is 111 Å². The van der Waals surface area contributed by atoms with Gasteiger partial charge in [0, 0.05) is 37.0 Å². The molecular weight excluding hydrogens is 276 g/mol. The zero-order valence-electron chi connectivity index (χ0n) is 10.1. The SMILES string of the molecule is Cn1cc(S(=O)(=O)Cl)cc1C(=O)N1CCCCC1. The second-order valence-electron chi connectivity index (χ2n) is 4.46. The Morgan fingerprint density at radius 1 is 1.28 bits per heavy atom. The van der Waals surface area contributed by atoms with Crippen LogP contribution in [0.5, 0.6) is 0 Å². The number of halogens is 1. The molecule has 1 aromatic rings. The molecular formula is C11H15ClN2O3S. The lowest BCUT2D eigenvalue weighted by atomic mass is 10.1. The minimum Gasteiger partial charge on any atom is -0.345 e. The van der Waals surface area contributed by atoms with Crippen molar-refractivity contribution in [2.24, 2.45) is 7.05 Å². The maximum Gasteiger partial charge on any atom is 0.270 e. The molecule has 18 heavy (non-hydrogen) atoms. The van der Waals surface area contributed by atoms with E-state index in [0.29, 0.717) is 5.69 Å². The number of hydrogen-bond donors (Lipinski definition) is 0. The third-order valence-corrected chi connectivity index (χ3v) is 4.44. The Kier molecular flexibility index (Phi) is 3.68. The van der Waals surface area contributed by atoms with E-state index in [2.05, 4.69) is 0 Å². The van der Waals surface area contributed by atoms with Gasteiger partial charge in [-0.1, -0.05) is 0 Å². The lowest BCUT2D eigenvalue weighted by Crippen LogP contribution is -2.36. The second-order valence-corrected chi connectivity index (χ2v) is 7.03. The van der Waals surface area contributed by atoms with Crippen LogP contribution in [0.4, 0.5) is 0 Å². The van der Waals surface area contributed by atoms with Crippen molar-refractivity contribution in [3.05, 3.63) is 18.0 Å². The number of carbonyl (C=O) groups is 1. The van der Waals surface area contributed by atoms with Crippen LogP contribution in [0.3, 0.4) is 0 Å². The van der Waals surface area contributed by atoms with Crippen molar-refractivity contribution in [1.82, 2.24) is 9.47 Å². The number of piperidine rings is 1. The summed E-state index contributed by atoms with van der Waals surface area (Å²) >= 11 is 0. The van der Waals surface area contributed by atoms with Crippen molar-refractivity contribution >= 4 is 25.6 Å². The maximum atomic E-state index is 12.2. The largest absolute Gasteiger partial charge is 0.345 e. The summed E-state index contributed by atoms with van der Waals surface area (Å²) in [5, 5.41) is 0. The van der Waals surface area contributed by atoms with Gasteiger partial charge in [0.05, 0.1) is 0 Å². The zero-order chi connectivity index (χ0) is 13.3. The molecule has 0 saturated carbocycles. The van der Waals surface area contributed by atoms with Crippen LogP contribution in [0.1, 0.15) is 29.8 Å². The standard InChI is InChI=1S/C11H15ClN2O3S/c1-13-8-9(18(12,16)17)7-10(13)11(15)14-5-3-2-4-6-14/h7-8H,2-6H2,1H3. The summed E-state index contributed by atoms with van der Waals surface area (Å²) in [7, 11) is 3.12. The Hall–Kier alpha value is -1.01. The summed E-state index contributed by atoms with van der Waals surface area (Å²) in [6.45, 7) is 1.46. The van der Waals surface area contributed by atoms with Crippen molar-refractivity contribution in [3.63, 3.8) is 0 Å². The number of amides is 1. The fraction of sp³-hybridized carbons (Fsp3) is 0.545. The van der Waals surface area contributed by atoms with Gasteiger partial charge in [0.25, 0.3) is 15.0 Å². The predicted octanol–water partition coefficient (Wildman–Crippen LogP) is 1.58. The van der Waals surface area contributed by atoms with E-state index in [4.69, 9.17) is 10.7 Å². The Morgan fingerprint density at radius 3 is 2.39 bits per heavy atom. The van der Waals surface area contributed by atoms with E-state index in [1.807, 2.05) is 0 Å². The van der Waals surface area contributed by atoms with Gasteiger partial charge in [0.2, 0.25) is 0 Å². The first-order valence-electron chi connectivity index (χ1n) is 5.80. The molecule has 1 amide bonds. The normalized spacial score (nSPS) is 16.9. The van der Waals surface area contributed by atoms with E-state index < -0.39 is 9.05 Å². The number of aromatic nitrogens is 1. The van der Waals surface area contributed by atoms with Crippen LogP contribution in [0.2, 0.25) is 0 Å². The summed E-state index contributed by atoms with van der Waals surface area (Å²) in [5.74, 6) is -0.135. The van der Waals surface area contributed by atoms with Crippen molar-refractivity contribution in [3.8, 4) is 0 Å². The minimum atomic E-state index is -3.79. The summed E-state index contributed by atoms with van der Waals surface area (Å²) in [5.41, 5.74) is 0.358. The van der Waals surface area contributed by atoms with E-state index in [1.54, 1.807) is 11.9 Å². The van der Waals surface area contributed by atoms with E-state index in [1.165, 1.54) is 16.8 Å². The molecule has 0 N–H and O–H groups in total. The predicted molar refractivity (Wildman–Crippen MR) is 68.2 cm³/mol. The Morgan fingerprint density at radius 2 is 1.89 bits per heavy atom. The van der Waals surface area contributed by atoms with Crippen molar-refractivity contribution in [1.29, 1.82) is 0 Å². The second kappa shape index (κ2) is 4.93. The van der Waals surface area contributed by atoms with Crippen LogP contribution in [-0.4, -0.2) is 36.9 Å². The first-order valence-corrected chi connectivity index (χ1v) is 8.11. The fourth-order valence-corrected chi connectivity index (χ4v) is 2.93. The number of nitrogens with zero attached hydrogens (tertiary/aromatic N) is 2. The number of carbonyl (C=O) groups excluding carboxylic acids is 1. The molecule has 1 fully saturated rings. The third kappa shape index (κ3) is 2.70. The number of aryl methyl sites for hydroxylation is 1. The molecule has 0 aliphatic carbocycles. The maximum absolute atomic E-state index is 12.2. The van der Waals surface area contributed by atoms with Gasteiger partial charge >= 0.3 is 0 Å². The van der Waals surface area contributed by atoms with Crippen molar-refractivity contribution in [2.75, 3.05) is 13.1 Å². The summed E-state index contributed by atoms with van der Waals surface area (Å²) in [6, 6.07) is 1.33. The molecule has 2 heterocycles. The number of rotatable bonds is 2. The lowest BCUT2D eigenvalue weighted by molar-refractivity contribution is 0.0714. The molecule has 0 aromatic carbocycles. The molecule has 0 radical (unpaired) electrons. The van der Waals surface area contributed by atoms with Gasteiger partial charge in [0.1, 0.15) is 10.6 Å². The third-order valence-electron chi connectivity index (χ3n) is 3.12. The van der Waals surface area contributed by atoms with Gasteiger partial charge in [-0.15, -0.1) is 0 Å². The van der Waals surface area contributed by atoms with Crippen LogP contribution < -0.4 is 0 Å². The summed E-state index contributed by atoms with van der Waals surface area (Å²) in [4.78, 5) is 13.9.